The van der Waals surface area contributed by atoms with Gasteiger partial charge in [0.1, 0.15) is 0 Å². The maximum Gasteiger partial charge on any atom is 0.257 e. The van der Waals surface area contributed by atoms with Gasteiger partial charge in [0.25, 0.3) is 11.8 Å². The molecule has 1 fully saturated rings. The van der Waals surface area contributed by atoms with Gasteiger partial charge in [-0.2, -0.15) is 0 Å². The van der Waals surface area contributed by atoms with Gasteiger partial charge in [0.15, 0.2) is 0 Å². The Balaban J connectivity index is 1.73. The third-order valence-corrected chi connectivity index (χ3v) is 4.49. The van der Waals surface area contributed by atoms with Crippen molar-refractivity contribution in [3.8, 4) is 0 Å². The van der Waals surface area contributed by atoms with Crippen molar-refractivity contribution in [1.82, 2.24) is 14.8 Å². The zero-order valence-electron chi connectivity index (χ0n) is 13.9. The first-order chi connectivity index (χ1) is 12.0. The van der Waals surface area contributed by atoms with Crippen LogP contribution in [0, 0.1) is 0 Å². The molecule has 1 aromatic heterocycles. The minimum atomic E-state index is -0.353. The summed E-state index contributed by atoms with van der Waals surface area (Å²) < 4.78 is 0. The van der Waals surface area contributed by atoms with Gasteiger partial charge in [-0.3, -0.25) is 14.6 Å². The molecule has 0 saturated carbocycles. The highest BCUT2D eigenvalue weighted by Crippen LogP contribution is 2.21. The van der Waals surface area contributed by atoms with Crippen molar-refractivity contribution < 1.29 is 9.59 Å². The zero-order valence-corrected chi connectivity index (χ0v) is 14.7. The van der Waals surface area contributed by atoms with E-state index in [-0.39, 0.29) is 11.8 Å². The normalized spacial score (nSPS) is 15.0. The highest BCUT2D eigenvalue weighted by molar-refractivity contribution is 6.33. The number of hydrogen-bond acceptors (Lipinski definition) is 4. The lowest BCUT2D eigenvalue weighted by Gasteiger charge is -2.32. The number of pyridine rings is 1. The van der Waals surface area contributed by atoms with Gasteiger partial charge in [-0.1, -0.05) is 23.7 Å². The second-order valence-corrected chi connectivity index (χ2v) is 6.40. The number of anilines is 1. The molecule has 0 spiro atoms. The fourth-order valence-corrected chi connectivity index (χ4v) is 2.81. The topological polar surface area (TPSA) is 65.5 Å². The number of aromatic nitrogens is 1. The molecule has 0 atom stereocenters. The first-order valence-corrected chi connectivity index (χ1v) is 8.41. The first-order valence-electron chi connectivity index (χ1n) is 8.03. The van der Waals surface area contributed by atoms with Crippen molar-refractivity contribution in [2.75, 3.05) is 38.5 Å². The summed E-state index contributed by atoms with van der Waals surface area (Å²) in [6.45, 7) is 3.02. The fourth-order valence-electron chi connectivity index (χ4n) is 2.63. The van der Waals surface area contributed by atoms with Crippen LogP contribution in [0.3, 0.4) is 0 Å². The van der Waals surface area contributed by atoms with Gasteiger partial charge in [0, 0.05) is 38.6 Å². The van der Waals surface area contributed by atoms with E-state index in [1.165, 1.54) is 12.4 Å². The number of para-hydroxylation sites is 1. The average Bonchev–Trinajstić information content (AvgIpc) is 2.64. The lowest BCUT2D eigenvalue weighted by atomic mass is 10.1. The van der Waals surface area contributed by atoms with Crippen molar-refractivity contribution in [2.24, 2.45) is 0 Å². The molecule has 0 aliphatic carbocycles. The number of piperazine rings is 1. The minimum Gasteiger partial charge on any atom is -0.336 e. The molecule has 1 aromatic carbocycles. The van der Waals surface area contributed by atoms with Gasteiger partial charge in [-0.25, -0.2) is 0 Å². The molecule has 0 radical (unpaired) electrons. The van der Waals surface area contributed by atoms with Crippen LogP contribution in [-0.2, 0) is 0 Å². The van der Waals surface area contributed by atoms with Crippen LogP contribution < -0.4 is 5.32 Å². The highest BCUT2D eigenvalue weighted by Gasteiger charge is 2.21. The van der Waals surface area contributed by atoms with Crippen molar-refractivity contribution >= 4 is 29.1 Å². The lowest BCUT2D eigenvalue weighted by Crippen LogP contribution is -2.47. The number of carbonyl (C=O) groups excluding carboxylic acids is 2. The van der Waals surface area contributed by atoms with Gasteiger partial charge >= 0.3 is 0 Å². The maximum absolute atomic E-state index is 12.6. The molecule has 1 aliphatic rings. The molecule has 2 aromatic rings. The van der Waals surface area contributed by atoms with E-state index in [0.29, 0.717) is 34.9 Å². The number of nitrogens with one attached hydrogen (secondary N) is 1. The van der Waals surface area contributed by atoms with Crippen molar-refractivity contribution in [1.29, 1.82) is 0 Å². The van der Waals surface area contributed by atoms with E-state index in [9.17, 15) is 9.59 Å². The van der Waals surface area contributed by atoms with Crippen LogP contribution in [0.25, 0.3) is 0 Å². The van der Waals surface area contributed by atoms with Gasteiger partial charge in [0.2, 0.25) is 0 Å². The van der Waals surface area contributed by atoms with E-state index in [0.717, 1.165) is 13.1 Å². The van der Waals surface area contributed by atoms with E-state index in [4.69, 9.17) is 11.6 Å². The summed E-state index contributed by atoms with van der Waals surface area (Å²) in [7, 11) is 2.03. The van der Waals surface area contributed by atoms with Crippen LogP contribution in [0.5, 0.6) is 0 Å². The maximum atomic E-state index is 12.6. The Kier molecular flexibility index (Phi) is 5.31. The Morgan fingerprint density at radius 3 is 2.48 bits per heavy atom. The summed E-state index contributed by atoms with van der Waals surface area (Å²) in [6, 6.07) is 8.55. The highest BCUT2D eigenvalue weighted by atomic mass is 35.5. The molecule has 1 N–H and O–H groups in total. The molecule has 6 nitrogen and oxygen atoms in total. The quantitative estimate of drug-likeness (QED) is 0.914. The van der Waals surface area contributed by atoms with Crippen LogP contribution in [0.4, 0.5) is 5.69 Å². The molecule has 0 unspecified atom stereocenters. The monoisotopic (exact) mass is 358 g/mol. The molecule has 7 heteroatoms. The summed E-state index contributed by atoms with van der Waals surface area (Å²) in [5, 5.41) is 3.19. The van der Waals surface area contributed by atoms with Crippen LogP contribution in [-0.4, -0.2) is 59.8 Å². The zero-order chi connectivity index (χ0) is 17.8. The Bertz CT molecular complexity index is 788. The molecular formula is C18H19ClN4O2. The number of likely N-dealkylation sites (N-methyl/N-ethyl adjacent to an activating group) is 1. The van der Waals surface area contributed by atoms with Gasteiger partial charge in [-0.15, -0.1) is 0 Å². The largest absolute Gasteiger partial charge is 0.336 e. The fraction of sp³-hybridized carbons (Fsp3) is 0.278. The second kappa shape index (κ2) is 7.63. The number of rotatable bonds is 3. The molecule has 3 rings (SSSR count). The summed E-state index contributed by atoms with van der Waals surface area (Å²) in [4.78, 5) is 33.0. The van der Waals surface area contributed by atoms with E-state index in [2.05, 4.69) is 15.2 Å². The summed E-state index contributed by atoms with van der Waals surface area (Å²) in [5.74, 6) is -0.457. The predicted molar refractivity (Wildman–Crippen MR) is 97.0 cm³/mol. The smallest absolute Gasteiger partial charge is 0.257 e. The average molecular weight is 359 g/mol. The molecule has 25 heavy (non-hydrogen) atoms. The summed E-state index contributed by atoms with van der Waals surface area (Å²) >= 11 is 6.06. The summed E-state index contributed by atoms with van der Waals surface area (Å²) in [6.07, 6.45) is 2.93. The van der Waals surface area contributed by atoms with E-state index >= 15 is 0 Å². The number of amides is 2. The van der Waals surface area contributed by atoms with Crippen LogP contribution in [0.2, 0.25) is 5.02 Å². The first kappa shape index (κ1) is 17.4. The Morgan fingerprint density at radius 2 is 1.76 bits per heavy atom. The van der Waals surface area contributed by atoms with E-state index in [1.807, 2.05) is 7.05 Å². The van der Waals surface area contributed by atoms with E-state index in [1.54, 1.807) is 35.2 Å². The third kappa shape index (κ3) is 4.15. The minimum absolute atomic E-state index is 0.104. The number of halogens is 1. The molecule has 130 valence electrons. The number of hydrogen-bond donors (Lipinski definition) is 1. The third-order valence-electron chi connectivity index (χ3n) is 4.16. The molecule has 1 aliphatic heterocycles. The Hall–Kier alpha value is -2.44. The predicted octanol–water partition coefficient (Wildman–Crippen LogP) is 2.37. The van der Waals surface area contributed by atoms with Crippen LogP contribution in [0.15, 0.2) is 42.7 Å². The van der Waals surface area contributed by atoms with Gasteiger partial charge < -0.3 is 15.1 Å². The Labute approximate surface area is 151 Å². The molecule has 0 bridgehead atoms. The number of carbonyl (C=O) groups is 2. The number of benzene rings is 1. The SMILES string of the molecule is CN1CCN(C(=O)c2cncc(C(=O)Nc3ccccc3Cl)c2)CC1. The Morgan fingerprint density at radius 1 is 1.08 bits per heavy atom. The van der Waals surface area contributed by atoms with Crippen molar-refractivity contribution in [3.63, 3.8) is 0 Å². The molecule has 2 amide bonds. The molecule has 1 saturated heterocycles. The van der Waals surface area contributed by atoms with Crippen molar-refractivity contribution in [3.05, 3.63) is 58.9 Å². The summed E-state index contributed by atoms with van der Waals surface area (Å²) in [5.41, 5.74) is 1.25. The molecule has 2 heterocycles. The second-order valence-electron chi connectivity index (χ2n) is 5.99. The van der Waals surface area contributed by atoms with Gasteiger partial charge in [0.05, 0.1) is 21.8 Å². The standard InChI is InChI=1S/C18H19ClN4O2/c1-22-6-8-23(9-7-22)18(25)14-10-13(11-20-12-14)17(24)21-16-5-3-2-4-15(16)19/h2-5,10-12H,6-9H2,1H3,(H,21,24). The van der Waals surface area contributed by atoms with Crippen LogP contribution in [0.1, 0.15) is 20.7 Å². The van der Waals surface area contributed by atoms with E-state index < -0.39 is 0 Å². The van der Waals surface area contributed by atoms with Gasteiger partial charge in [-0.05, 0) is 25.2 Å². The van der Waals surface area contributed by atoms with Crippen molar-refractivity contribution in [2.45, 2.75) is 0 Å². The number of nitrogens with zero attached hydrogens (tertiary/aromatic N) is 3. The van der Waals surface area contributed by atoms with Crippen LogP contribution >= 0.6 is 11.6 Å². The lowest BCUT2D eigenvalue weighted by molar-refractivity contribution is 0.0663. The molecular weight excluding hydrogens is 340 g/mol.